The van der Waals surface area contributed by atoms with Gasteiger partial charge < -0.3 is 10.3 Å². The van der Waals surface area contributed by atoms with Crippen LogP contribution in [0.1, 0.15) is 29.9 Å². The number of aromatic amines is 1. The van der Waals surface area contributed by atoms with E-state index in [1.165, 1.54) is 0 Å². The van der Waals surface area contributed by atoms with Crippen molar-refractivity contribution in [2.75, 3.05) is 0 Å². The third-order valence-electron chi connectivity index (χ3n) is 3.57. The van der Waals surface area contributed by atoms with E-state index in [1.54, 1.807) is 0 Å². The zero-order chi connectivity index (χ0) is 15.5. The van der Waals surface area contributed by atoms with Crippen LogP contribution in [0.15, 0.2) is 42.5 Å². The molecule has 0 bridgehead atoms. The second-order valence-corrected chi connectivity index (χ2v) is 5.63. The average molecular weight is 311 g/mol. The van der Waals surface area contributed by atoms with Gasteiger partial charge in [0.15, 0.2) is 0 Å². The first-order valence-corrected chi connectivity index (χ1v) is 7.41. The number of H-pyrrole nitrogens is 1. The SMILES string of the molecule is CC(NCc1ccc(C#N)cc1)c1nc2ccc(Cl)cc2[nH]1. The van der Waals surface area contributed by atoms with Gasteiger partial charge in [-0.25, -0.2) is 4.98 Å². The van der Waals surface area contributed by atoms with Crippen molar-refractivity contribution >= 4 is 22.6 Å². The Balaban J connectivity index is 1.69. The van der Waals surface area contributed by atoms with E-state index in [0.29, 0.717) is 17.1 Å². The van der Waals surface area contributed by atoms with E-state index in [2.05, 4.69) is 28.3 Å². The lowest BCUT2D eigenvalue weighted by Gasteiger charge is -2.11. The second-order valence-electron chi connectivity index (χ2n) is 5.19. The van der Waals surface area contributed by atoms with E-state index in [-0.39, 0.29) is 6.04 Å². The maximum Gasteiger partial charge on any atom is 0.124 e. The summed E-state index contributed by atoms with van der Waals surface area (Å²) in [6, 6.07) is 15.4. The van der Waals surface area contributed by atoms with Crippen LogP contribution in [0.2, 0.25) is 5.02 Å². The van der Waals surface area contributed by atoms with E-state index in [9.17, 15) is 0 Å². The van der Waals surface area contributed by atoms with Crippen LogP contribution >= 0.6 is 11.6 Å². The van der Waals surface area contributed by atoms with Gasteiger partial charge in [-0.1, -0.05) is 23.7 Å². The zero-order valence-corrected chi connectivity index (χ0v) is 12.9. The molecule has 0 aliphatic carbocycles. The highest BCUT2D eigenvalue weighted by Gasteiger charge is 2.10. The Kier molecular flexibility index (Phi) is 4.10. The van der Waals surface area contributed by atoms with Crippen molar-refractivity contribution in [2.24, 2.45) is 0 Å². The Morgan fingerprint density at radius 3 is 2.77 bits per heavy atom. The highest BCUT2D eigenvalue weighted by Crippen LogP contribution is 2.20. The molecule has 3 aromatic rings. The third-order valence-corrected chi connectivity index (χ3v) is 3.80. The van der Waals surface area contributed by atoms with Gasteiger partial charge in [0, 0.05) is 11.6 Å². The lowest BCUT2D eigenvalue weighted by atomic mass is 10.1. The van der Waals surface area contributed by atoms with Crippen LogP contribution < -0.4 is 5.32 Å². The fourth-order valence-electron chi connectivity index (χ4n) is 2.27. The van der Waals surface area contributed by atoms with Crippen LogP contribution in [-0.2, 0) is 6.54 Å². The Hall–Kier alpha value is -2.35. The molecule has 2 N–H and O–H groups in total. The minimum atomic E-state index is 0.0850. The van der Waals surface area contributed by atoms with Crippen molar-refractivity contribution in [3.63, 3.8) is 0 Å². The lowest BCUT2D eigenvalue weighted by molar-refractivity contribution is 0.552. The molecule has 1 aromatic heterocycles. The molecule has 3 rings (SSSR count). The number of hydrogen-bond acceptors (Lipinski definition) is 3. The van der Waals surface area contributed by atoms with Gasteiger partial charge in [0.25, 0.3) is 0 Å². The van der Waals surface area contributed by atoms with Crippen molar-refractivity contribution in [2.45, 2.75) is 19.5 Å². The van der Waals surface area contributed by atoms with Gasteiger partial charge >= 0.3 is 0 Å². The number of rotatable bonds is 4. The summed E-state index contributed by atoms with van der Waals surface area (Å²) >= 11 is 5.99. The molecule has 0 aliphatic rings. The van der Waals surface area contributed by atoms with E-state index < -0.39 is 0 Å². The maximum atomic E-state index is 8.80. The number of nitrogens with one attached hydrogen (secondary N) is 2. The summed E-state index contributed by atoms with van der Waals surface area (Å²) in [6.45, 7) is 2.77. The van der Waals surface area contributed by atoms with Crippen LogP contribution in [0, 0.1) is 11.3 Å². The minimum Gasteiger partial charge on any atom is -0.341 e. The third kappa shape index (κ3) is 3.11. The van der Waals surface area contributed by atoms with E-state index >= 15 is 0 Å². The van der Waals surface area contributed by atoms with E-state index in [1.807, 2.05) is 42.5 Å². The molecule has 0 radical (unpaired) electrons. The van der Waals surface area contributed by atoms with Crippen LogP contribution in [0.25, 0.3) is 11.0 Å². The summed E-state index contributed by atoms with van der Waals surface area (Å²) in [7, 11) is 0. The Morgan fingerprint density at radius 2 is 2.05 bits per heavy atom. The number of benzene rings is 2. The molecule has 5 heteroatoms. The molecule has 0 saturated carbocycles. The van der Waals surface area contributed by atoms with Crippen molar-refractivity contribution in [3.8, 4) is 6.07 Å². The minimum absolute atomic E-state index is 0.0850. The predicted octanol–water partition coefficient (Wildman–Crippen LogP) is 3.94. The van der Waals surface area contributed by atoms with Crippen LogP contribution in [0.5, 0.6) is 0 Å². The standard InChI is InChI=1S/C17H15ClN4/c1-11(20-10-13-4-2-12(9-19)3-5-13)17-21-15-7-6-14(18)8-16(15)22-17/h2-8,11,20H,10H2,1H3,(H,21,22). The Labute approximate surface area is 133 Å². The molecule has 0 fully saturated rings. The number of nitrogens with zero attached hydrogens (tertiary/aromatic N) is 2. The molecule has 4 nitrogen and oxygen atoms in total. The summed E-state index contributed by atoms with van der Waals surface area (Å²) in [5, 5.41) is 12.9. The number of nitriles is 1. The smallest absolute Gasteiger partial charge is 0.124 e. The highest BCUT2D eigenvalue weighted by atomic mass is 35.5. The summed E-state index contributed by atoms with van der Waals surface area (Å²) in [5.74, 6) is 0.880. The maximum absolute atomic E-state index is 8.80. The van der Waals surface area contributed by atoms with Crippen molar-refractivity contribution < 1.29 is 0 Å². The summed E-state index contributed by atoms with van der Waals surface area (Å²) in [4.78, 5) is 7.86. The average Bonchev–Trinajstić information content (AvgIpc) is 2.96. The summed E-state index contributed by atoms with van der Waals surface area (Å²) < 4.78 is 0. The molecule has 1 unspecified atom stereocenters. The number of aromatic nitrogens is 2. The number of halogens is 1. The number of imidazole rings is 1. The molecule has 2 aromatic carbocycles. The molecular weight excluding hydrogens is 296 g/mol. The molecule has 0 saturated heterocycles. The molecule has 110 valence electrons. The van der Waals surface area contributed by atoms with Gasteiger partial charge in [-0.05, 0) is 42.8 Å². The van der Waals surface area contributed by atoms with Crippen LogP contribution in [-0.4, -0.2) is 9.97 Å². The fraction of sp³-hybridized carbons (Fsp3) is 0.176. The molecule has 0 spiro atoms. The first kappa shape index (κ1) is 14.6. The van der Waals surface area contributed by atoms with Crippen molar-refractivity contribution in [3.05, 3.63) is 64.4 Å². The van der Waals surface area contributed by atoms with Crippen molar-refractivity contribution in [1.82, 2.24) is 15.3 Å². The lowest BCUT2D eigenvalue weighted by Crippen LogP contribution is -2.19. The van der Waals surface area contributed by atoms with E-state index in [0.717, 1.165) is 22.4 Å². The molecule has 1 atom stereocenters. The van der Waals surface area contributed by atoms with E-state index in [4.69, 9.17) is 16.9 Å². The van der Waals surface area contributed by atoms with Gasteiger partial charge in [-0.3, -0.25) is 0 Å². The molecular formula is C17H15ClN4. The Bertz CT molecular complexity index is 830. The van der Waals surface area contributed by atoms with Gasteiger partial charge in [0.05, 0.1) is 28.7 Å². The van der Waals surface area contributed by atoms with Gasteiger partial charge in [0.2, 0.25) is 0 Å². The summed E-state index contributed by atoms with van der Waals surface area (Å²) in [5.41, 5.74) is 3.65. The second kappa shape index (κ2) is 6.18. The molecule has 22 heavy (non-hydrogen) atoms. The number of fused-ring (bicyclic) bond motifs is 1. The Morgan fingerprint density at radius 1 is 1.27 bits per heavy atom. The predicted molar refractivity (Wildman–Crippen MR) is 87.5 cm³/mol. The topological polar surface area (TPSA) is 64.5 Å². The van der Waals surface area contributed by atoms with Crippen LogP contribution in [0.3, 0.4) is 0 Å². The van der Waals surface area contributed by atoms with Gasteiger partial charge in [-0.15, -0.1) is 0 Å². The van der Waals surface area contributed by atoms with Crippen molar-refractivity contribution in [1.29, 1.82) is 5.26 Å². The fourth-order valence-corrected chi connectivity index (χ4v) is 2.44. The monoisotopic (exact) mass is 310 g/mol. The molecule has 1 heterocycles. The normalized spacial score (nSPS) is 12.2. The van der Waals surface area contributed by atoms with Crippen LogP contribution in [0.4, 0.5) is 0 Å². The first-order valence-electron chi connectivity index (χ1n) is 7.03. The van der Waals surface area contributed by atoms with Gasteiger partial charge in [0.1, 0.15) is 5.82 Å². The molecule has 0 aliphatic heterocycles. The highest BCUT2D eigenvalue weighted by molar-refractivity contribution is 6.31. The first-order chi connectivity index (χ1) is 10.7. The molecule has 0 amide bonds. The summed E-state index contributed by atoms with van der Waals surface area (Å²) in [6.07, 6.45) is 0. The van der Waals surface area contributed by atoms with Gasteiger partial charge in [-0.2, -0.15) is 5.26 Å². The largest absolute Gasteiger partial charge is 0.341 e. The number of hydrogen-bond donors (Lipinski definition) is 2. The zero-order valence-electron chi connectivity index (χ0n) is 12.1. The quantitative estimate of drug-likeness (QED) is 0.767.